The number of aliphatic hydroxyl groups excluding tert-OH is 1. The molecule has 252 valence electrons. The van der Waals surface area contributed by atoms with E-state index in [-0.39, 0.29) is 54.8 Å². The lowest BCUT2D eigenvalue weighted by Gasteiger charge is -2.36. The third kappa shape index (κ3) is 10.0. The Balaban J connectivity index is 1.58. The van der Waals surface area contributed by atoms with Gasteiger partial charge >= 0.3 is 0 Å². The zero-order chi connectivity index (χ0) is 33.1. The van der Waals surface area contributed by atoms with Crippen LogP contribution in [0.3, 0.4) is 0 Å². The standard InChI is InChI=1S/C37H53N3O6/c1-26-23-40(27(2)25-41)37(44)32-22-31(38-35(42)21-29-14-7-5-8-15-29)18-19-33(32)46-28(3)13-11-12-20-45-34(26)24-39(4)36(43)30-16-9-6-10-17-30/h5,7-8,14-15,18-19,22,26-28,30,34,41H,6,9-13,16-17,20-21,23-25H2,1-4H3,(H,38,42)/t26-,27+,28-,34-/m1/s1. The Bertz CT molecular complexity index is 1280. The predicted molar refractivity (Wildman–Crippen MR) is 180 cm³/mol. The van der Waals surface area contributed by atoms with E-state index in [1.807, 2.05) is 63.1 Å². The molecule has 2 aromatic carbocycles. The van der Waals surface area contributed by atoms with Crippen molar-refractivity contribution in [2.45, 2.75) is 96.8 Å². The van der Waals surface area contributed by atoms with Crippen molar-refractivity contribution in [1.29, 1.82) is 0 Å². The molecule has 3 amide bonds. The molecule has 0 aromatic heterocycles. The number of nitrogens with zero attached hydrogens (tertiary/aromatic N) is 2. The van der Waals surface area contributed by atoms with Gasteiger partial charge in [-0.15, -0.1) is 0 Å². The molecule has 0 radical (unpaired) electrons. The van der Waals surface area contributed by atoms with E-state index in [1.165, 1.54) is 6.42 Å². The monoisotopic (exact) mass is 635 g/mol. The first kappa shape index (κ1) is 35.4. The van der Waals surface area contributed by atoms with Crippen molar-refractivity contribution < 1.29 is 29.0 Å². The highest BCUT2D eigenvalue weighted by atomic mass is 16.5. The van der Waals surface area contributed by atoms with E-state index in [9.17, 15) is 19.5 Å². The largest absolute Gasteiger partial charge is 0.490 e. The Kier molecular flexibility index (Phi) is 13.5. The van der Waals surface area contributed by atoms with Crippen LogP contribution in [0.15, 0.2) is 48.5 Å². The second-order valence-corrected chi connectivity index (χ2v) is 13.3. The number of nitrogens with one attached hydrogen (secondary N) is 1. The Labute approximate surface area is 274 Å². The van der Waals surface area contributed by atoms with Crippen LogP contribution in [0.1, 0.15) is 88.1 Å². The maximum absolute atomic E-state index is 14.3. The van der Waals surface area contributed by atoms with E-state index in [4.69, 9.17) is 9.47 Å². The highest BCUT2D eigenvalue weighted by Crippen LogP contribution is 2.29. The van der Waals surface area contributed by atoms with Crippen molar-refractivity contribution in [3.05, 3.63) is 59.7 Å². The molecule has 4 rings (SSSR count). The number of carbonyl (C=O) groups excluding carboxylic acids is 3. The number of carbonyl (C=O) groups is 3. The van der Waals surface area contributed by atoms with E-state index >= 15 is 0 Å². The summed E-state index contributed by atoms with van der Waals surface area (Å²) in [5.74, 6) is 0.0874. The van der Waals surface area contributed by atoms with Crippen molar-refractivity contribution in [2.75, 3.05) is 38.7 Å². The van der Waals surface area contributed by atoms with Gasteiger partial charge < -0.3 is 29.7 Å². The SMILES string of the molecule is C[C@@H]1CCCCO[C@H](CN(C)C(=O)C2CCCCC2)[C@H](C)CN([C@@H](C)CO)C(=O)c2cc(NC(=O)Cc3ccccc3)ccc2O1. The van der Waals surface area contributed by atoms with E-state index in [0.717, 1.165) is 50.5 Å². The number of benzene rings is 2. The molecule has 4 atom stereocenters. The number of anilines is 1. The lowest BCUT2D eigenvalue weighted by Crippen LogP contribution is -2.48. The van der Waals surface area contributed by atoms with Crippen LogP contribution in [0.5, 0.6) is 5.75 Å². The van der Waals surface area contributed by atoms with Crippen LogP contribution in [-0.4, -0.2) is 84.2 Å². The third-order valence-corrected chi connectivity index (χ3v) is 9.33. The minimum atomic E-state index is -0.480. The molecular weight excluding hydrogens is 582 g/mol. The number of fused-ring (bicyclic) bond motifs is 1. The minimum Gasteiger partial charge on any atom is -0.490 e. The maximum Gasteiger partial charge on any atom is 0.258 e. The van der Waals surface area contributed by atoms with Crippen molar-refractivity contribution in [3.63, 3.8) is 0 Å². The minimum absolute atomic E-state index is 0.0698. The fourth-order valence-corrected chi connectivity index (χ4v) is 6.47. The summed E-state index contributed by atoms with van der Waals surface area (Å²) in [5.41, 5.74) is 1.72. The molecule has 0 unspecified atom stereocenters. The lowest BCUT2D eigenvalue weighted by atomic mass is 9.88. The van der Waals surface area contributed by atoms with Crippen LogP contribution >= 0.6 is 0 Å². The molecule has 0 spiro atoms. The third-order valence-electron chi connectivity index (χ3n) is 9.33. The molecule has 46 heavy (non-hydrogen) atoms. The zero-order valence-electron chi connectivity index (χ0n) is 28.1. The second-order valence-electron chi connectivity index (χ2n) is 13.3. The van der Waals surface area contributed by atoms with Gasteiger partial charge in [-0.25, -0.2) is 0 Å². The molecule has 9 heteroatoms. The van der Waals surface area contributed by atoms with Gasteiger partial charge in [0.2, 0.25) is 11.8 Å². The number of ether oxygens (including phenoxy) is 2. The predicted octanol–water partition coefficient (Wildman–Crippen LogP) is 5.70. The Hall–Kier alpha value is -3.43. The first-order chi connectivity index (χ1) is 22.2. The molecule has 0 saturated heterocycles. The Morgan fingerprint density at radius 1 is 1.02 bits per heavy atom. The molecule has 1 heterocycles. The van der Waals surface area contributed by atoms with Gasteiger partial charge in [0, 0.05) is 44.3 Å². The number of likely N-dealkylation sites (N-methyl/N-ethyl adjacent to an activating group) is 1. The topological polar surface area (TPSA) is 108 Å². The van der Waals surface area contributed by atoms with Gasteiger partial charge in [0.05, 0.1) is 36.8 Å². The molecule has 1 aliphatic carbocycles. The number of aliphatic hydroxyl groups is 1. The average molecular weight is 636 g/mol. The van der Waals surface area contributed by atoms with Gasteiger partial charge in [0.15, 0.2) is 0 Å². The van der Waals surface area contributed by atoms with E-state index in [0.29, 0.717) is 36.7 Å². The van der Waals surface area contributed by atoms with Crippen LogP contribution in [0.25, 0.3) is 0 Å². The van der Waals surface area contributed by atoms with E-state index < -0.39 is 6.04 Å². The van der Waals surface area contributed by atoms with Crippen LogP contribution in [0, 0.1) is 11.8 Å². The van der Waals surface area contributed by atoms with Crippen molar-refractivity contribution >= 4 is 23.4 Å². The average Bonchev–Trinajstić information content (AvgIpc) is 3.06. The summed E-state index contributed by atoms with van der Waals surface area (Å²) in [6.45, 7) is 6.94. The van der Waals surface area contributed by atoms with Crippen LogP contribution in [-0.2, 0) is 20.7 Å². The number of hydrogen-bond donors (Lipinski definition) is 2. The first-order valence-corrected chi connectivity index (χ1v) is 17.1. The Morgan fingerprint density at radius 3 is 2.46 bits per heavy atom. The van der Waals surface area contributed by atoms with Crippen molar-refractivity contribution in [3.8, 4) is 5.75 Å². The summed E-state index contributed by atoms with van der Waals surface area (Å²) in [4.78, 5) is 44.0. The van der Waals surface area contributed by atoms with Crippen LogP contribution in [0.4, 0.5) is 5.69 Å². The van der Waals surface area contributed by atoms with Crippen molar-refractivity contribution in [2.24, 2.45) is 11.8 Å². The molecule has 1 saturated carbocycles. The molecule has 1 fully saturated rings. The summed E-state index contributed by atoms with van der Waals surface area (Å²) in [7, 11) is 1.86. The fourth-order valence-electron chi connectivity index (χ4n) is 6.47. The van der Waals surface area contributed by atoms with Gasteiger partial charge in [-0.2, -0.15) is 0 Å². The second kappa shape index (κ2) is 17.5. The summed E-state index contributed by atoms with van der Waals surface area (Å²) < 4.78 is 12.7. The molecule has 0 bridgehead atoms. The Morgan fingerprint density at radius 2 is 1.74 bits per heavy atom. The van der Waals surface area contributed by atoms with E-state index in [1.54, 1.807) is 23.1 Å². The quantitative estimate of drug-likeness (QED) is 0.385. The molecule has 2 N–H and O–H groups in total. The van der Waals surface area contributed by atoms with Crippen LogP contribution < -0.4 is 10.1 Å². The number of rotatable bonds is 8. The molecular formula is C37H53N3O6. The normalized spacial score (nSPS) is 22.6. The molecule has 1 aliphatic heterocycles. The highest BCUT2D eigenvalue weighted by Gasteiger charge is 2.32. The molecule has 2 aromatic rings. The summed E-state index contributed by atoms with van der Waals surface area (Å²) >= 11 is 0. The number of hydrogen-bond acceptors (Lipinski definition) is 6. The van der Waals surface area contributed by atoms with E-state index in [2.05, 4.69) is 5.32 Å². The number of amides is 3. The van der Waals surface area contributed by atoms with Gasteiger partial charge in [-0.1, -0.05) is 56.5 Å². The summed E-state index contributed by atoms with van der Waals surface area (Å²) in [6.07, 6.45) is 7.58. The fraction of sp³-hybridized carbons (Fsp3) is 0.595. The van der Waals surface area contributed by atoms with Gasteiger partial charge in [0.25, 0.3) is 5.91 Å². The smallest absolute Gasteiger partial charge is 0.258 e. The summed E-state index contributed by atoms with van der Waals surface area (Å²) in [6, 6.07) is 14.2. The first-order valence-electron chi connectivity index (χ1n) is 17.1. The zero-order valence-corrected chi connectivity index (χ0v) is 28.1. The van der Waals surface area contributed by atoms with Gasteiger partial charge in [0.1, 0.15) is 5.75 Å². The van der Waals surface area contributed by atoms with Gasteiger partial charge in [-0.05, 0) is 69.7 Å². The highest BCUT2D eigenvalue weighted by molar-refractivity contribution is 6.00. The summed E-state index contributed by atoms with van der Waals surface area (Å²) in [5, 5.41) is 13.2. The lowest BCUT2D eigenvalue weighted by molar-refractivity contribution is -0.138. The van der Waals surface area contributed by atoms with Gasteiger partial charge in [-0.3, -0.25) is 14.4 Å². The molecule has 9 nitrogen and oxygen atoms in total. The van der Waals surface area contributed by atoms with Crippen LogP contribution in [0.2, 0.25) is 0 Å². The van der Waals surface area contributed by atoms with Crippen molar-refractivity contribution in [1.82, 2.24) is 9.80 Å². The maximum atomic E-state index is 14.3. The molecule has 2 aliphatic rings.